The molecule has 0 aliphatic carbocycles. The number of amides is 1. The van der Waals surface area contributed by atoms with Crippen molar-refractivity contribution >= 4 is 31.7 Å². The number of benzene rings is 2. The van der Waals surface area contributed by atoms with Crippen LogP contribution in [0.2, 0.25) is 19.6 Å². The van der Waals surface area contributed by atoms with Gasteiger partial charge >= 0.3 is 6.09 Å². The maximum absolute atomic E-state index is 13.8. The Bertz CT molecular complexity index is 1180. The number of halogens is 1. The summed E-state index contributed by atoms with van der Waals surface area (Å²) in [4.78, 5) is 16.9. The Morgan fingerprint density at radius 3 is 2.50 bits per heavy atom. The molecular formula is C31H44FN3O3SSi. The summed E-state index contributed by atoms with van der Waals surface area (Å²) in [6, 6.07) is 15.0. The van der Waals surface area contributed by atoms with Crippen molar-refractivity contribution in [3.05, 3.63) is 71.0 Å². The van der Waals surface area contributed by atoms with Gasteiger partial charge in [0.2, 0.25) is 0 Å². The molecule has 0 aromatic heterocycles. The minimum absolute atomic E-state index is 0.0869. The van der Waals surface area contributed by atoms with Gasteiger partial charge in [-0.1, -0.05) is 36.4 Å². The molecule has 1 fully saturated rings. The molecule has 1 amide bonds. The highest BCUT2D eigenvalue weighted by molar-refractivity contribution is 7.80. The molecule has 2 heterocycles. The molecule has 2 aliphatic heterocycles. The molecule has 4 rings (SSSR count). The number of piperidine rings is 1. The summed E-state index contributed by atoms with van der Waals surface area (Å²) >= 11 is 6.00. The van der Waals surface area contributed by atoms with Crippen molar-refractivity contribution < 1.29 is 18.3 Å². The van der Waals surface area contributed by atoms with E-state index >= 15 is 0 Å². The summed E-state index contributed by atoms with van der Waals surface area (Å²) in [7, 11) is -1.89. The topological polar surface area (TPSA) is 54.0 Å². The second-order valence-corrected chi connectivity index (χ2v) is 17.7. The quantitative estimate of drug-likeness (QED) is 0.308. The molecule has 218 valence electrons. The summed E-state index contributed by atoms with van der Waals surface area (Å²) in [5, 5.41) is 4.20. The Morgan fingerprint density at radius 2 is 1.82 bits per heavy atom. The molecule has 0 saturated carbocycles. The molecule has 2 unspecified atom stereocenters. The van der Waals surface area contributed by atoms with E-state index in [0.29, 0.717) is 24.7 Å². The molecule has 9 heteroatoms. The van der Waals surface area contributed by atoms with Crippen LogP contribution in [-0.2, 0) is 15.6 Å². The Labute approximate surface area is 245 Å². The Hall–Kier alpha value is -2.49. The van der Waals surface area contributed by atoms with E-state index in [0.717, 1.165) is 31.4 Å². The molecule has 40 heavy (non-hydrogen) atoms. The molecule has 2 aromatic carbocycles. The first-order chi connectivity index (χ1) is 18.8. The first-order valence-electron chi connectivity index (χ1n) is 14.3. The molecule has 2 aromatic rings. The average molecular weight is 586 g/mol. The van der Waals surface area contributed by atoms with Crippen molar-refractivity contribution in [3.8, 4) is 0 Å². The van der Waals surface area contributed by atoms with Crippen LogP contribution < -0.4 is 5.32 Å². The summed E-state index contributed by atoms with van der Waals surface area (Å²) in [6.07, 6.45) is 2.43. The molecule has 0 radical (unpaired) electrons. The smallest absolute Gasteiger partial charge is 0.410 e. The van der Waals surface area contributed by atoms with Gasteiger partial charge in [-0.15, -0.1) is 0 Å². The summed E-state index contributed by atoms with van der Waals surface area (Å²) in [6.45, 7) is 14.9. The Kier molecular flexibility index (Phi) is 9.57. The van der Waals surface area contributed by atoms with E-state index in [4.69, 9.17) is 21.4 Å². The SMILES string of the molecule is CC(C)(C)OC(=O)N1CCCC(C(CNC(=S)N2CCc3ccccc3[C@@H]2c2ccc(F)cc2)O[Si](C)(C)C)C1. The highest BCUT2D eigenvalue weighted by Crippen LogP contribution is 2.35. The predicted molar refractivity (Wildman–Crippen MR) is 164 cm³/mol. The van der Waals surface area contributed by atoms with E-state index in [1.165, 1.54) is 23.3 Å². The highest BCUT2D eigenvalue weighted by Gasteiger charge is 2.36. The van der Waals surface area contributed by atoms with Gasteiger partial charge in [-0.05, 0) is 101 Å². The highest BCUT2D eigenvalue weighted by atomic mass is 32.1. The van der Waals surface area contributed by atoms with E-state index in [2.05, 4.69) is 48.1 Å². The fourth-order valence-corrected chi connectivity index (χ4v) is 7.11. The van der Waals surface area contributed by atoms with Crippen molar-refractivity contribution in [1.29, 1.82) is 0 Å². The maximum Gasteiger partial charge on any atom is 0.410 e. The molecule has 1 N–H and O–H groups in total. The number of fused-ring (bicyclic) bond motifs is 1. The lowest BCUT2D eigenvalue weighted by Crippen LogP contribution is -2.53. The first-order valence-corrected chi connectivity index (χ1v) is 18.2. The lowest BCUT2D eigenvalue weighted by atomic mass is 9.88. The van der Waals surface area contributed by atoms with Crippen LogP contribution in [0.4, 0.5) is 9.18 Å². The minimum Gasteiger partial charge on any atom is -0.444 e. The second kappa shape index (κ2) is 12.6. The van der Waals surface area contributed by atoms with Gasteiger partial charge in [-0.3, -0.25) is 0 Å². The van der Waals surface area contributed by atoms with Crippen molar-refractivity contribution in [1.82, 2.24) is 15.1 Å². The van der Waals surface area contributed by atoms with Crippen LogP contribution in [0, 0.1) is 11.7 Å². The van der Waals surface area contributed by atoms with E-state index in [-0.39, 0.29) is 30.0 Å². The third kappa shape index (κ3) is 8.04. The van der Waals surface area contributed by atoms with Gasteiger partial charge in [-0.25, -0.2) is 9.18 Å². The van der Waals surface area contributed by atoms with E-state index in [9.17, 15) is 9.18 Å². The van der Waals surface area contributed by atoms with Crippen LogP contribution in [0.15, 0.2) is 48.5 Å². The Balaban J connectivity index is 1.50. The summed E-state index contributed by atoms with van der Waals surface area (Å²) < 4.78 is 26.2. The number of likely N-dealkylation sites (tertiary alicyclic amines) is 1. The van der Waals surface area contributed by atoms with Crippen LogP contribution in [0.1, 0.15) is 56.3 Å². The predicted octanol–water partition coefficient (Wildman–Crippen LogP) is 6.51. The number of nitrogens with zero attached hydrogens (tertiary/aromatic N) is 2. The van der Waals surface area contributed by atoms with Crippen LogP contribution in [-0.4, -0.2) is 67.2 Å². The van der Waals surface area contributed by atoms with Crippen LogP contribution >= 0.6 is 12.2 Å². The second-order valence-electron chi connectivity index (χ2n) is 12.9. The summed E-state index contributed by atoms with van der Waals surface area (Å²) in [5.41, 5.74) is 2.97. The van der Waals surface area contributed by atoms with Crippen molar-refractivity contribution in [2.75, 3.05) is 26.2 Å². The van der Waals surface area contributed by atoms with Crippen LogP contribution in [0.25, 0.3) is 0 Å². The maximum atomic E-state index is 13.8. The fraction of sp³-hybridized carbons (Fsp3) is 0.548. The molecule has 2 aliphatic rings. The van der Waals surface area contributed by atoms with Gasteiger partial charge in [0, 0.05) is 32.1 Å². The lowest BCUT2D eigenvalue weighted by Gasteiger charge is -2.42. The molecular weight excluding hydrogens is 542 g/mol. The van der Waals surface area contributed by atoms with Crippen molar-refractivity contribution in [2.24, 2.45) is 5.92 Å². The molecule has 1 saturated heterocycles. The number of rotatable bonds is 6. The summed E-state index contributed by atoms with van der Waals surface area (Å²) in [5.74, 6) is -0.0717. The van der Waals surface area contributed by atoms with E-state index in [1.54, 1.807) is 0 Å². The molecule has 6 nitrogen and oxygen atoms in total. The van der Waals surface area contributed by atoms with Crippen molar-refractivity contribution in [2.45, 2.75) is 77.4 Å². The average Bonchev–Trinajstić information content (AvgIpc) is 2.89. The van der Waals surface area contributed by atoms with Gasteiger partial charge in [0.05, 0.1) is 12.1 Å². The zero-order valence-electron chi connectivity index (χ0n) is 24.7. The van der Waals surface area contributed by atoms with Gasteiger partial charge in [0.25, 0.3) is 0 Å². The molecule has 0 bridgehead atoms. The fourth-order valence-electron chi connectivity index (χ4n) is 5.64. The number of carbonyl (C=O) groups excluding carboxylic acids is 1. The van der Waals surface area contributed by atoms with Gasteiger partial charge in [0.15, 0.2) is 13.4 Å². The third-order valence-corrected chi connectivity index (χ3v) is 8.71. The minimum atomic E-state index is -1.89. The van der Waals surface area contributed by atoms with E-state index in [1.807, 2.05) is 43.9 Å². The van der Waals surface area contributed by atoms with Gasteiger partial charge in [0.1, 0.15) is 11.4 Å². The van der Waals surface area contributed by atoms with Crippen molar-refractivity contribution in [3.63, 3.8) is 0 Å². The largest absolute Gasteiger partial charge is 0.444 e. The number of nitrogens with one attached hydrogen (secondary N) is 1. The first kappa shape index (κ1) is 30.5. The third-order valence-electron chi connectivity index (χ3n) is 7.32. The van der Waals surface area contributed by atoms with Gasteiger partial charge in [-0.2, -0.15) is 0 Å². The van der Waals surface area contributed by atoms with Crippen LogP contribution in [0.3, 0.4) is 0 Å². The number of carbonyl (C=O) groups is 1. The number of hydrogen-bond donors (Lipinski definition) is 1. The number of ether oxygens (including phenoxy) is 1. The molecule has 0 spiro atoms. The van der Waals surface area contributed by atoms with E-state index < -0.39 is 13.9 Å². The van der Waals surface area contributed by atoms with Gasteiger partial charge < -0.3 is 24.3 Å². The monoisotopic (exact) mass is 585 g/mol. The normalized spacial score (nSPS) is 20.5. The number of thiocarbonyl (C=S) groups is 1. The zero-order chi connectivity index (χ0) is 29.1. The Morgan fingerprint density at radius 1 is 1.12 bits per heavy atom. The lowest BCUT2D eigenvalue weighted by molar-refractivity contribution is 0.00587. The molecule has 3 atom stereocenters. The zero-order valence-corrected chi connectivity index (χ0v) is 26.5. The number of hydrogen-bond acceptors (Lipinski definition) is 4. The standard InChI is InChI=1S/C31H44FN3O3SSi/c1-31(2,3)37-30(36)34-18-9-11-24(21-34)27(38-40(4,5)6)20-33-29(39)35-19-17-22-10-7-8-12-26(22)28(35)23-13-15-25(32)16-14-23/h7-8,10,12-16,24,27-28H,9,11,17-21H2,1-6H3,(H,33,39)/t24?,27?,28-/m0/s1. The van der Waals surface area contributed by atoms with Crippen LogP contribution in [0.5, 0.6) is 0 Å².